The van der Waals surface area contributed by atoms with Crippen molar-refractivity contribution in [2.24, 2.45) is 21.5 Å². The number of guanidine groups is 1. The molecule has 0 aromatic heterocycles. The van der Waals surface area contributed by atoms with Crippen molar-refractivity contribution in [3.8, 4) is 5.75 Å². The number of alkyl halides is 2. The minimum absolute atomic E-state index is 0.00370. The third-order valence-electron chi connectivity index (χ3n) is 3.20. The quantitative estimate of drug-likeness (QED) is 0.582. The van der Waals surface area contributed by atoms with Crippen molar-refractivity contribution in [3.63, 3.8) is 0 Å². The maximum Gasteiger partial charge on any atom is 0.387 e. The van der Waals surface area contributed by atoms with Crippen LogP contribution in [-0.2, 0) is 0 Å². The van der Waals surface area contributed by atoms with E-state index < -0.39 is 6.61 Å². The van der Waals surface area contributed by atoms with Crippen molar-refractivity contribution < 1.29 is 13.5 Å². The lowest BCUT2D eigenvalue weighted by atomic mass is 10.0. The normalized spacial score (nSPS) is 20.2. The van der Waals surface area contributed by atoms with Gasteiger partial charge in [0.2, 0.25) is 5.96 Å². The molecule has 22 heavy (non-hydrogen) atoms. The van der Waals surface area contributed by atoms with Gasteiger partial charge in [0.05, 0.1) is 11.7 Å². The molecule has 1 heterocycles. The molecule has 8 heteroatoms. The third-order valence-corrected chi connectivity index (χ3v) is 3.20. The molecule has 1 unspecified atom stereocenters. The molecule has 2 rings (SSSR count). The first-order valence-electron chi connectivity index (χ1n) is 7.01. The Morgan fingerprint density at radius 2 is 2.14 bits per heavy atom. The molecule has 0 saturated carbocycles. The number of rotatable bonds is 4. The van der Waals surface area contributed by atoms with Gasteiger partial charge in [-0.2, -0.15) is 13.8 Å². The van der Waals surface area contributed by atoms with Crippen LogP contribution in [0.4, 0.5) is 14.5 Å². The lowest BCUT2D eigenvalue weighted by molar-refractivity contribution is -0.0498. The van der Waals surface area contributed by atoms with E-state index in [1.165, 1.54) is 12.1 Å². The van der Waals surface area contributed by atoms with Crippen LogP contribution in [0.2, 0.25) is 0 Å². The number of hydrogen-bond acceptors (Lipinski definition) is 3. The number of nitrogens with one attached hydrogen (secondary N) is 1. The van der Waals surface area contributed by atoms with Crippen molar-refractivity contribution in [1.29, 1.82) is 0 Å². The predicted octanol–water partition coefficient (Wildman–Crippen LogP) is 1.73. The summed E-state index contributed by atoms with van der Waals surface area (Å²) < 4.78 is 28.6. The molecular weight excluding hydrogens is 292 g/mol. The van der Waals surface area contributed by atoms with Crippen LogP contribution in [0.5, 0.6) is 5.75 Å². The zero-order valence-electron chi connectivity index (χ0n) is 12.0. The summed E-state index contributed by atoms with van der Waals surface area (Å²) in [6.45, 7) is -1.99. The average Bonchev–Trinajstić information content (AvgIpc) is 2.47. The largest absolute Gasteiger partial charge is 0.435 e. The van der Waals surface area contributed by atoms with E-state index in [2.05, 4.69) is 20.0 Å². The Bertz CT molecular complexity index is 556. The highest BCUT2D eigenvalue weighted by atomic mass is 19.3. The number of aliphatic imine (C=N–C) groups is 2. The number of hydrogen-bond donors (Lipinski definition) is 3. The monoisotopic (exact) mass is 311 g/mol. The number of nitrogens with zero attached hydrogens (tertiary/aromatic N) is 2. The van der Waals surface area contributed by atoms with Crippen molar-refractivity contribution in [1.82, 2.24) is 5.32 Å². The van der Waals surface area contributed by atoms with Gasteiger partial charge in [0.15, 0.2) is 0 Å². The van der Waals surface area contributed by atoms with Gasteiger partial charge in [0.1, 0.15) is 11.6 Å². The standard InChI is InChI=1S/C14H19F2N5O/c15-13(16)22-10-5-3-4-9(8-10)20-14(18)21-12(17)11-6-1-2-7-19-11/h3-5,8,11,13,19H,1-2,6-7H2,(H4,17,18,20,21). The molecular formula is C14H19F2N5O. The maximum absolute atomic E-state index is 12.2. The van der Waals surface area contributed by atoms with E-state index in [9.17, 15) is 8.78 Å². The number of halogens is 2. The van der Waals surface area contributed by atoms with E-state index in [1.807, 2.05) is 0 Å². The van der Waals surface area contributed by atoms with Crippen LogP contribution in [0, 0.1) is 0 Å². The first kappa shape index (κ1) is 16.2. The fourth-order valence-corrected chi connectivity index (χ4v) is 2.20. The van der Waals surface area contributed by atoms with Crippen LogP contribution in [-0.4, -0.2) is 31.0 Å². The number of benzene rings is 1. The molecule has 6 nitrogen and oxygen atoms in total. The van der Waals surface area contributed by atoms with Gasteiger partial charge in [-0.25, -0.2) is 4.99 Å². The molecule has 0 bridgehead atoms. The Labute approximate surface area is 127 Å². The molecule has 1 aliphatic rings. The Balaban J connectivity index is 2.07. The van der Waals surface area contributed by atoms with Crippen molar-refractivity contribution in [2.75, 3.05) is 6.54 Å². The minimum Gasteiger partial charge on any atom is -0.435 e. The van der Waals surface area contributed by atoms with Gasteiger partial charge in [0, 0.05) is 6.07 Å². The van der Waals surface area contributed by atoms with Gasteiger partial charge < -0.3 is 21.5 Å². The molecule has 0 aliphatic carbocycles. The van der Waals surface area contributed by atoms with Crippen LogP contribution >= 0.6 is 0 Å². The summed E-state index contributed by atoms with van der Waals surface area (Å²) in [5.41, 5.74) is 12.0. The molecule has 120 valence electrons. The van der Waals surface area contributed by atoms with Crippen LogP contribution < -0.4 is 21.5 Å². The molecule has 1 atom stereocenters. The van der Waals surface area contributed by atoms with E-state index in [4.69, 9.17) is 11.5 Å². The molecule has 1 aliphatic heterocycles. The SMILES string of the molecule is NC(=Nc1cccc(OC(F)F)c1)N=C(N)C1CCCCN1. The van der Waals surface area contributed by atoms with Gasteiger partial charge in [-0.05, 0) is 31.5 Å². The summed E-state index contributed by atoms with van der Waals surface area (Å²) in [6, 6.07) is 5.90. The second-order valence-corrected chi connectivity index (χ2v) is 4.89. The zero-order valence-corrected chi connectivity index (χ0v) is 12.0. The van der Waals surface area contributed by atoms with E-state index >= 15 is 0 Å². The van der Waals surface area contributed by atoms with E-state index in [-0.39, 0.29) is 17.8 Å². The average molecular weight is 311 g/mol. The number of ether oxygens (including phenoxy) is 1. The van der Waals surface area contributed by atoms with E-state index in [1.54, 1.807) is 12.1 Å². The number of piperidine rings is 1. The van der Waals surface area contributed by atoms with Crippen LogP contribution in [0.15, 0.2) is 34.3 Å². The van der Waals surface area contributed by atoms with Crippen LogP contribution in [0.1, 0.15) is 19.3 Å². The summed E-state index contributed by atoms with van der Waals surface area (Å²) in [7, 11) is 0. The van der Waals surface area contributed by atoms with Crippen LogP contribution in [0.3, 0.4) is 0 Å². The molecule has 0 amide bonds. The molecule has 1 aromatic rings. The van der Waals surface area contributed by atoms with Crippen molar-refractivity contribution in [2.45, 2.75) is 31.9 Å². The second kappa shape index (κ2) is 7.69. The Morgan fingerprint density at radius 3 is 2.82 bits per heavy atom. The summed E-state index contributed by atoms with van der Waals surface area (Å²) in [5, 5.41) is 3.25. The minimum atomic E-state index is -2.89. The van der Waals surface area contributed by atoms with E-state index in [0.29, 0.717) is 11.5 Å². The second-order valence-electron chi connectivity index (χ2n) is 4.89. The van der Waals surface area contributed by atoms with Gasteiger partial charge >= 0.3 is 6.61 Å². The first-order chi connectivity index (χ1) is 10.5. The lowest BCUT2D eigenvalue weighted by Gasteiger charge is -2.22. The summed E-state index contributed by atoms with van der Waals surface area (Å²) in [5.74, 6) is 0.356. The highest BCUT2D eigenvalue weighted by Gasteiger charge is 2.16. The summed E-state index contributed by atoms with van der Waals surface area (Å²) >= 11 is 0. The van der Waals surface area contributed by atoms with Crippen molar-refractivity contribution >= 4 is 17.5 Å². The predicted molar refractivity (Wildman–Crippen MR) is 81.6 cm³/mol. The Kier molecular flexibility index (Phi) is 5.65. The highest BCUT2D eigenvalue weighted by molar-refractivity contribution is 5.98. The number of nitrogens with two attached hydrogens (primary N) is 2. The fourth-order valence-electron chi connectivity index (χ4n) is 2.20. The van der Waals surface area contributed by atoms with Crippen LogP contribution in [0.25, 0.3) is 0 Å². The van der Waals surface area contributed by atoms with Gasteiger partial charge in [0.25, 0.3) is 0 Å². The molecule has 0 radical (unpaired) electrons. The van der Waals surface area contributed by atoms with Gasteiger partial charge in [-0.15, -0.1) is 0 Å². The number of amidine groups is 1. The Hall–Kier alpha value is -2.22. The van der Waals surface area contributed by atoms with Gasteiger partial charge in [-0.1, -0.05) is 12.5 Å². The molecule has 1 aromatic carbocycles. The molecule has 5 N–H and O–H groups in total. The molecule has 1 fully saturated rings. The third kappa shape index (κ3) is 4.96. The lowest BCUT2D eigenvalue weighted by Crippen LogP contribution is -2.45. The Morgan fingerprint density at radius 1 is 1.32 bits per heavy atom. The van der Waals surface area contributed by atoms with E-state index in [0.717, 1.165) is 25.8 Å². The first-order valence-corrected chi connectivity index (χ1v) is 7.01. The summed E-state index contributed by atoms with van der Waals surface area (Å²) in [4.78, 5) is 8.09. The molecule has 0 spiro atoms. The highest BCUT2D eigenvalue weighted by Crippen LogP contribution is 2.21. The summed E-state index contributed by atoms with van der Waals surface area (Å²) in [6.07, 6.45) is 3.10. The van der Waals surface area contributed by atoms with Gasteiger partial charge in [-0.3, -0.25) is 0 Å². The molecule has 1 saturated heterocycles. The van der Waals surface area contributed by atoms with Crippen molar-refractivity contribution in [3.05, 3.63) is 24.3 Å². The topological polar surface area (TPSA) is 98.0 Å². The smallest absolute Gasteiger partial charge is 0.387 e. The zero-order chi connectivity index (χ0) is 15.9. The fraction of sp³-hybridized carbons (Fsp3) is 0.429. The maximum atomic E-state index is 12.2.